The smallest absolute Gasteiger partial charge is 0.200 e. The summed E-state index contributed by atoms with van der Waals surface area (Å²) in [5.41, 5.74) is 1.98. The summed E-state index contributed by atoms with van der Waals surface area (Å²) in [5.74, 6) is 1.75. The minimum Gasteiger partial charge on any atom is -0.494 e. The fourth-order valence-corrected chi connectivity index (χ4v) is 3.72. The molecule has 5 nitrogen and oxygen atoms in total. The van der Waals surface area contributed by atoms with Gasteiger partial charge in [-0.2, -0.15) is 0 Å². The first-order chi connectivity index (χ1) is 13.7. The Bertz CT molecular complexity index is 1050. The van der Waals surface area contributed by atoms with Crippen LogP contribution in [0.3, 0.4) is 0 Å². The maximum absolute atomic E-state index is 14.0. The van der Waals surface area contributed by atoms with Crippen molar-refractivity contribution >= 4 is 11.8 Å². The fraction of sp³-hybridized carbons (Fsp3) is 0.143. The zero-order chi connectivity index (χ0) is 19.3. The molecule has 2 aromatic carbocycles. The number of thioether (sulfide) groups is 1. The largest absolute Gasteiger partial charge is 0.494 e. The van der Waals surface area contributed by atoms with Crippen molar-refractivity contribution in [2.75, 3.05) is 7.11 Å². The molecule has 0 unspecified atom stereocenters. The van der Waals surface area contributed by atoms with E-state index in [-0.39, 0.29) is 11.6 Å². The van der Waals surface area contributed by atoms with E-state index in [9.17, 15) is 4.39 Å². The van der Waals surface area contributed by atoms with E-state index in [0.717, 1.165) is 16.3 Å². The lowest BCUT2D eigenvalue weighted by Gasteiger charge is -2.10. The van der Waals surface area contributed by atoms with Crippen molar-refractivity contribution in [1.29, 1.82) is 0 Å². The van der Waals surface area contributed by atoms with Crippen molar-refractivity contribution in [3.05, 3.63) is 83.9 Å². The normalized spacial score (nSPS) is 10.9. The van der Waals surface area contributed by atoms with E-state index in [1.807, 2.05) is 41.0 Å². The number of furan rings is 1. The van der Waals surface area contributed by atoms with Crippen LogP contribution in [0.5, 0.6) is 5.75 Å². The predicted molar refractivity (Wildman–Crippen MR) is 106 cm³/mol. The molecule has 7 heteroatoms. The van der Waals surface area contributed by atoms with Gasteiger partial charge in [-0.15, -0.1) is 10.2 Å². The van der Waals surface area contributed by atoms with Crippen molar-refractivity contribution in [1.82, 2.24) is 14.8 Å². The Morgan fingerprint density at radius 3 is 2.61 bits per heavy atom. The van der Waals surface area contributed by atoms with Crippen LogP contribution in [0, 0.1) is 5.82 Å². The van der Waals surface area contributed by atoms with Gasteiger partial charge in [-0.3, -0.25) is 4.57 Å². The summed E-state index contributed by atoms with van der Waals surface area (Å²) in [7, 11) is 1.45. The van der Waals surface area contributed by atoms with Crippen molar-refractivity contribution in [3.8, 4) is 17.3 Å². The molecule has 0 bridgehead atoms. The highest BCUT2D eigenvalue weighted by atomic mass is 32.2. The van der Waals surface area contributed by atoms with E-state index in [0.29, 0.717) is 23.9 Å². The second-order valence-corrected chi connectivity index (χ2v) is 7.06. The predicted octanol–water partition coefficient (Wildman–Crippen LogP) is 5.03. The Hall–Kier alpha value is -3.06. The quantitative estimate of drug-likeness (QED) is 0.411. The molecule has 0 amide bonds. The van der Waals surface area contributed by atoms with Crippen molar-refractivity contribution < 1.29 is 13.5 Å². The lowest BCUT2D eigenvalue weighted by molar-refractivity contribution is 0.386. The van der Waals surface area contributed by atoms with Crippen molar-refractivity contribution in [2.45, 2.75) is 17.5 Å². The Balaban J connectivity index is 1.60. The molecule has 0 N–H and O–H groups in total. The topological polar surface area (TPSA) is 53.1 Å². The van der Waals surface area contributed by atoms with Gasteiger partial charge in [0.25, 0.3) is 0 Å². The van der Waals surface area contributed by atoms with Gasteiger partial charge in [0.05, 0.1) is 19.9 Å². The number of methoxy groups -OCH3 is 1. The number of hydrogen-bond donors (Lipinski definition) is 0. The molecule has 4 aromatic rings. The van der Waals surface area contributed by atoms with E-state index in [1.165, 1.54) is 24.9 Å². The summed E-state index contributed by atoms with van der Waals surface area (Å²) in [5, 5.41) is 9.40. The summed E-state index contributed by atoms with van der Waals surface area (Å²) in [6.07, 6.45) is 1.61. The van der Waals surface area contributed by atoms with Crippen LogP contribution in [0.2, 0.25) is 0 Å². The lowest BCUT2D eigenvalue weighted by atomic mass is 10.2. The van der Waals surface area contributed by atoms with Crippen molar-refractivity contribution in [3.63, 3.8) is 0 Å². The van der Waals surface area contributed by atoms with Gasteiger partial charge < -0.3 is 9.15 Å². The zero-order valence-corrected chi connectivity index (χ0v) is 16.0. The molecular formula is C21H18FN3O2S. The third kappa shape index (κ3) is 3.94. The summed E-state index contributed by atoms with van der Waals surface area (Å²) in [6.45, 7) is 0.614. The molecule has 28 heavy (non-hydrogen) atoms. The Morgan fingerprint density at radius 1 is 1.04 bits per heavy atom. The third-order valence-corrected chi connectivity index (χ3v) is 5.26. The summed E-state index contributed by atoms with van der Waals surface area (Å²) in [4.78, 5) is 0. The molecule has 2 heterocycles. The molecule has 142 valence electrons. The summed E-state index contributed by atoms with van der Waals surface area (Å²) >= 11 is 1.50. The molecule has 0 fully saturated rings. The molecule has 0 saturated carbocycles. The van der Waals surface area contributed by atoms with Crippen molar-refractivity contribution in [2.24, 2.45) is 0 Å². The highest BCUT2D eigenvalue weighted by Crippen LogP contribution is 2.28. The number of halogens is 1. The Morgan fingerprint density at radius 2 is 1.89 bits per heavy atom. The number of ether oxygens (including phenoxy) is 1. The number of rotatable bonds is 7. The average Bonchev–Trinajstić information content (AvgIpc) is 3.37. The first-order valence-electron chi connectivity index (χ1n) is 8.71. The molecule has 0 aliphatic heterocycles. The van der Waals surface area contributed by atoms with Gasteiger partial charge in [0, 0.05) is 5.75 Å². The van der Waals surface area contributed by atoms with Gasteiger partial charge >= 0.3 is 0 Å². The third-order valence-electron chi connectivity index (χ3n) is 4.23. The first-order valence-corrected chi connectivity index (χ1v) is 9.69. The van der Waals surface area contributed by atoms with E-state index < -0.39 is 0 Å². The minimum atomic E-state index is -0.373. The molecule has 0 aliphatic rings. The molecular weight excluding hydrogens is 377 g/mol. The number of aromatic nitrogens is 3. The van der Waals surface area contributed by atoms with E-state index >= 15 is 0 Å². The first kappa shape index (κ1) is 18.3. The SMILES string of the molecule is COc1ccc(CSc2nnc(-c3ccco3)n2Cc2ccccc2)cc1F. The van der Waals surface area contributed by atoms with Gasteiger partial charge in [-0.25, -0.2) is 4.39 Å². The number of benzene rings is 2. The average molecular weight is 395 g/mol. The zero-order valence-electron chi connectivity index (χ0n) is 15.2. The van der Waals surface area contributed by atoms with Crippen LogP contribution in [-0.4, -0.2) is 21.9 Å². The Kier molecular flexibility index (Phi) is 5.43. The van der Waals surface area contributed by atoms with Gasteiger partial charge in [0.2, 0.25) is 5.82 Å². The molecule has 2 aromatic heterocycles. The van der Waals surface area contributed by atoms with Gasteiger partial charge in [0.15, 0.2) is 22.5 Å². The van der Waals surface area contributed by atoms with Gasteiger partial charge in [-0.1, -0.05) is 48.2 Å². The van der Waals surface area contributed by atoms with Crippen LogP contribution < -0.4 is 4.74 Å². The van der Waals surface area contributed by atoms with Crippen LogP contribution in [0.1, 0.15) is 11.1 Å². The second-order valence-electron chi connectivity index (χ2n) is 6.11. The van der Waals surface area contributed by atoms with Crippen LogP contribution in [-0.2, 0) is 12.3 Å². The maximum Gasteiger partial charge on any atom is 0.200 e. The number of nitrogens with zero attached hydrogens (tertiary/aromatic N) is 3. The second kappa shape index (κ2) is 8.31. The lowest BCUT2D eigenvalue weighted by Crippen LogP contribution is -2.04. The molecule has 4 rings (SSSR count). The van der Waals surface area contributed by atoms with E-state index in [4.69, 9.17) is 9.15 Å². The van der Waals surface area contributed by atoms with E-state index in [1.54, 1.807) is 12.3 Å². The standard InChI is InChI=1S/C21H18FN3O2S/c1-26-18-10-9-16(12-17(18)22)14-28-21-24-23-20(19-8-5-11-27-19)25(21)13-15-6-3-2-4-7-15/h2-12H,13-14H2,1H3. The maximum atomic E-state index is 14.0. The number of hydrogen-bond acceptors (Lipinski definition) is 5. The minimum absolute atomic E-state index is 0.237. The molecule has 0 aliphatic carbocycles. The van der Waals surface area contributed by atoms with Crippen LogP contribution in [0.15, 0.2) is 76.5 Å². The molecule has 0 spiro atoms. The highest BCUT2D eigenvalue weighted by molar-refractivity contribution is 7.98. The molecule has 0 saturated heterocycles. The monoisotopic (exact) mass is 395 g/mol. The van der Waals surface area contributed by atoms with Crippen LogP contribution in [0.4, 0.5) is 4.39 Å². The van der Waals surface area contributed by atoms with Crippen LogP contribution in [0.25, 0.3) is 11.6 Å². The van der Waals surface area contributed by atoms with Crippen LogP contribution >= 0.6 is 11.8 Å². The molecule has 0 atom stereocenters. The molecule has 0 radical (unpaired) electrons. The van der Waals surface area contributed by atoms with Gasteiger partial charge in [0.1, 0.15) is 0 Å². The van der Waals surface area contributed by atoms with Gasteiger partial charge in [-0.05, 0) is 35.4 Å². The summed E-state index contributed by atoms with van der Waals surface area (Å²) < 4.78 is 26.5. The van der Waals surface area contributed by atoms with E-state index in [2.05, 4.69) is 22.3 Å². The fourth-order valence-electron chi connectivity index (χ4n) is 2.84. The highest BCUT2D eigenvalue weighted by Gasteiger charge is 2.17. The summed E-state index contributed by atoms with van der Waals surface area (Å²) in [6, 6.07) is 18.7. The Labute approximate surface area is 166 Å².